The molecule has 0 amide bonds. The number of nitrogens with zero attached hydrogens (tertiary/aromatic N) is 3. The molecule has 0 bridgehead atoms. The van der Waals surface area contributed by atoms with Crippen LogP contribution in [0.15, 0.2) is 35.2 Å². The van der Waals surface area contributed by atoms with Crippen molar-refractivity contribution in [3.8, 4) is 0 Å². The van der Waals surface area contributed by atoms with Gasteiger partial charge >= 0.3 is 0 Å². The predicted octanol–water partition coefficient (Wildman–Crippen LogP) is 1.82. The van der Waals surface area contributed by atoms with Crippen molar-refractivity contribution in [1.82, 2.24) is 15.3 Å². The van der Waals surface area contributed by atoms with Crippen molar-refractivity contribution in [2.45, 2.75) is 20.0 Å². The van der Waals surface area contributed by atoms with E-state index in [0.717, 1.165) is 30.4 Å². The topological polar surface area (TPSA) is 54.2 Å². The molecule has 0 unspecified atom stereocenters. The summed E-state index contributed by atoms with van der Waals surface area (Å²) in [7, 11) is 1.98. The summed E-state index contributed by atoms with van der Waals surface area (Å²) in [5, 5.41) is 3.24. The SMILES string of the molecule is CCNCc1cncc(N(C)Cc2ccco2)n1. The van der Waals surface area contributed by atoms with Gasteiger partial charge in [0.1, 0.15) is 11.6 Å². The average molecular weight is 246 g/mol. The monoisotopic (exact) mass is 246 g/mol. The smallest absolute Gasteiger partial charge is 0.147 e. The first kappa shape index (κ1) is 12.6. The maximum atomic E-state index is 5.32. The van der Waals surface area contributed by atoms with E-state index >= 15 is 0 Å². The molecule has 5 heteroatoms. The molecule has 0 aliphatic carbocycles. The highest BCUT2D eigenvalue weighted by atomic mass is 16.3. The number of aromatic nitrogens is 2. The molecule has 0 saturated heterocycles. The number of rotatable bonds is 6. The van der Waals surface area contributed by atoms with E-state index in [2.05, 4.69) is 22.2 Å². The quantitative estimate of drug-likeness (QED) is 0.842. The van der Waals surface area contributed by atoms with Crippen molar-refractivity contribution in [2.24, 2.45) is 0 Å². The minimum Gasteiger partial charge on any atom is -0.467 e. The van der Waals surface area contributed by atoms with Gasteiger partial charge in [-0.1, -0.05) is 6.92 Å². The fourth-order valence-electron chi connectivity index (χ4n) is 1.63. The standard InChI is InChI=1S/C13H18N4O/c1-3-14-7-11-8-15-9-13(16-11)17(2)10-12-5-4-6-18-12/h4-6,8-9,14H,3,7,10H2,1-2H3. The summed E-state index contributed by atoms with van der Waals surface area (Å²) in [6.45, 7) is 4.42. The Bertz CT molecular complexity index is 470. The Balaban J connectivity index is 2.03. The van der Waals surface area contributed by atoms with Gasteiger partial charge in [0.2, 0.25) is 0 Å². The molecule has 0 fully saturated rings. The molecule has 2 heterocycles. The normalized spacial score (nSPS) is 10.6. The van der Waals surface area contributed by atoms with Gasteiger partial charge < -0.3 is 14.6 Å². The Morgan fingerprint density at radius 3 is 3.00 bits per heavy atom. The number of furan rings is 1. The van der Waals surface area contributed by atoms with Crippen molar-refractivity contribution in [2.75, 3.05) is 18.5 Å². The molecule has 96 valence electrons. The molecule has 1 N–H and O–H groups in total. The molecule has 0 aliphatic heterocycles. The zero-order valence-corrected chi connectivity index (χ0v) is 10.8. The molecule has 0 radical (unpaired) electrons. The van der Waals surface area contributed by atoms with Gasteiger partial charge in [0.25, 0.3) is 0 Å². The van der Waals surface area contributed by atoms with Crippen molar-refractivity contribution < 1.29 is 4.42 Å². The predicted molar refractivity (Wildman–Crippen MR) is 70.2 cm³/mol. The lowest BCUT2D eigenvalue weighted by molar-refractivity contribution is 0.506. The fourth-order valence-corrected chi connectivity index (χ4v) is 1.63. The Hall–Kier alpha value is -1.88. The molecule has 2 aromatic rings. The molecule has 0 atom stereocenters. The fraction of sp³-hybridized carbons (Fsp3) is 0.385. The summed E-state index contributed by atoms with van der Waals surface area (Å²) >= 11 is 0. The highest BCUT2D eigenvalue weighted by Gasteiger charge is 2.06. The Morgan fingerprint density at radius 2 is 2.28 bits per heavy atom. The molecule has 0 saturated carbocycles. The first-order chi connectivity index (χ1) is 8.79. The van der Waals surface area contributed by atoms with Gasteiger partial charge in [-0.25, -0.2) is 4.98 Å². The molecular formula is C13H18N4O. The Labute approximate surface area is 107 Å². The third-order valence-corrected chi connectivity index (χ3v) is 2.59. The van der Waals surface area contributed by atoms with Crippen LogP contribution in [0, 0.1) is 0 Å². The zero-order valence-electron chi connectivity index (χ0n) is 10.8. The van der Waals surface area contributed by atoms with Crippen LogP contribution in [0.4, 0.5) is 5.82 Å². The average Bonchev–Trinajstić information content (AvgIpc) is 2.89. The van der Waals surface area contributed by atoms with Crippen LogP contribution in [0.2, 0.25) is 0 Å². The second-order valence-corrected chi connectivity index (χ2v) is 4.08. The van der Waals surface area contributed by atoms with E-state index in [0.29, 0.717) is 6.54 Å². The van der Waals surface area contributed by atoms with Gasteiger partial charge in [0, 0.05) is 19.8 Å². The molecule has 2 aromatic heterocycles. The molecule has 5 nitrogen and oxygen atoms in total. The second-order valence-electron chi connectivity index (χ2n) is 4.08. The van der Waals surface area contributed by atoms with E-state index in [1.807, 2.05) is 24.1 Å². The van der Waals surface area contributed by atoms with E-state index in [9.17, 15) is 0 Å². The minimum absolute atomic E-state index is 0.687. The number of hydrogen-bond donors (Lipinski definition) is 1. The number of hydrogen-bond acceptors (Lipinski definition) is 5. The maximum absolute atomic E-state index is 5.32. The van der Waals surface area contributed by atoms with E-state index in [1.165, 1.54) is 0 Å². The van der Waals surface area contributed by atoms with Crippen molar-refractivity contribution >= 4 is 5.82 Å². The van der Waals surface area contributed by atoms with Gasteiger partial charge in [-0.15, -0.1) is 0 Å². The largest absolute Gasteiger partial charge is 0.467 e. The van der Waals surface area contributed by atoms with Gasteiger partial charge in [-0.05, 0) is 18.7 Å². The lowest BCUT2D eigenvalue weighted by Gasteiger charge is -2.16. The molecular weight excluding hydrogens is 228 g/mol. The van der Waals surface area contributed by atoms with Crippen LogP contribution in [-0.2, 0) is 13.1 Å². The summed E-state index contributed by atoms with van der Waals surface area (Å²) in [4.78, 5) is 10.8. The highest BCUT2D eigenvalue weighted by molar-refractivity contribution is 5.35. The summed E-state index contributed by atoms with van der Waals surface area (Å²) in [6.07, 6.45) is 5.22. The molecule has 18 heavy (non-hydrogen) atoms. The van der Waals surface area contributed by atoms with Crippen molar-refractivity contribution in [3.05, 3.63) is 42.2 Å². The minimum atomic E-state index is 0.687. The van der Waals surface area contributed by atoms with E-state index in [1.54, 1.807) is 18.7 Å². The van der Waals surface area contributed by atoms with Crippen LogP contribution in [0.3, 0.4) is 0 Å². The van der Waals surface area contributed by atoms with E-state index in [4.69, 9.17) is 4.42 Å². The molecule has 0 aliphatic rings. The van der Waals surface area contributed by atoms with E-state index < -0.39 is 0 Å². The van der Waals surface area contributed by atoms with Crippen molar-refractivity contribution in [1.29, 1.82) is 0 Å². The third kappa shape index (κ3) is 3.30. The highest BCUT2D eigenvalue weighted by Crippen LogP contribution is 2.12. The van der Waals surface area contributed by atoms with Crippen LogP contribution >= 0.6 is 0 Å². The first-order valence-electron chi connectivity index (χ1n) is 6.04. The van der Waals surface area contributed by atoms with Crippen LogP contribution in [0.25, 0.3) is 0 Å². The van der Waals surface area contributed by atoms with Gasteiger partial charge in [0.05, 0.1) is 24.7 Å². The number of nitrogens with one attached hydrogen (secondary N) is 1. The lowest BCUT2D eigenvalue weighted by atomic mass is 10.4. The molecule has 0 spiro atoms. The van der Waals surface area contributed by atoms with E-state index in [-0.39, 0.29) is 0 Å². The maximum Gasteiger partial charge on any atom is 0.147 e. The Kier molecular flexibility index (Phi) is 4.30. The van der Waals surface area contributed by atoms with Crippen LogP contribution in [-0.4, -0.2) is 23.6 Å². The zero-order chi connectivity index (χ0) is 12.8. The second kappa shape index (κ2) is 6.16. The van der Waals surface area contributed by atoms with Gasteiger partial charge in [-0.2, -0.15) is 0 Å². The van der Waals surface area contributed by atoms with Crippen LogP contribution in [0.1, 0.15) is 18.4 Å². The molecule has 2 rings (SSSR count). The summed E-state index contributed by atoms with van der Waals surface area (Å²) in [5.41, 5.74) is 0.945. The molecule has 0 aromatic carbocycles. The number of anilines is 1. The summed E-state index contributed by atoms with van der Waals surface area (Å²) in [5.74, 6) is 1.76. The van der Waals surface area contributed by atoms with Gasteiger partial charge in [-0.3, -0.25) is 4.98 Å². The van der Waals surface area contributed by atoms with Crippen LogP contribution in [0.5, 0.6) is 0 Å². The summed E-state index contributed by atoms with van der Waals surface area (Å²) < 4.78 is 5.32. The first-order valence-corrected chi connectivity index (χ1v) is 6.04. The third-order valence-electron chi connectivity index (χ3n) is 2.59. The Morgan fingerprint density at radius 1 is 1.39 bits per heavy atom. The van der Waals surface area contributed by atoms with Crippen LogP contribution < -0.4 is 10.2 Å². The summed E-state index contributed by atoms with van der Waals surface area (Å²) in [6, 6.07) is 3.84. The van der Waals surface area contributed by atoms with Gasteiger partial charge in [0.15, 0.2) is 0 Å². The lowest BCUT2D eigenvalue weighted by Crippen LogP contribution is -2.19. The van der Waals surface area contributed by atoms with Crippen molar-refractivity contribution in [3.63, 3.8) is 0 Å².